The molecule has 0 fully saturated rings. The normalized spacial score (nSPS) is 12.5. The Balaban J connectivity index is 1.70. The topological polar surface area (TPSA) is 183 Å². The molecule has 0 aliphatic heterocycles. The number of hydrogen-bond acceptors (Lipinski definition) is 10. The fourth-order valence-corrected chi connectivity index (χ4v) is 4.02. The van der Waals surface area contributed by atoms with Crippen LogP contribution in [0.4, 0.5) is 17.5 Å². The van der Waals surface area contributed by atoms with Crippen molar-refractivity contribution in [3.8, 4) is 11.5 Å². The Hall–Kier alpha value is -4.81. The molecule has 0 unspecified atom stereocenters. The van der Waals surface area contributed by atoms with Crippen molar-refractivity contribution in [2.24, 2.45) is 31.9 Å². The van der Waals surface area contributed by atoms with Crippen molar-refractivity contribution in [1.82, 2.24) is 43.8 Å². The number of nitrogen functional groups attached to an aromatic ring is 2. The smallest absolute Gasteiger partial charge is 0.174 e. The van der Waals surface area contributed by atoms with E-state index in [0.717, 1.165) is 11.0 Å². The third-order valence-electron chi connectivity index (χ3n) is 5.91. The van der Waals surface area contributed by atoms with Crippen LogP contribution >= 0.6 is 0 Å². The summed E-state index contributed by atoms with van der Waals surface area (Å²) in [7, 11) is 5.56. The van der Waals surface area contributed by atoms with Gasteiger partial charge in [0.1, 0.15) is 28.2 Å². The van der Waals surface area contributed by atoms with Crippen molar-refractivity contribution in [1.29, 1.82) is 0 Å². The van der Waals surface area contributed by atoms with Crippen LogP contribution in [0.3, 0.4) is 0 Å². The summed E-state index contributed by atoms with van der Waals surface area (Å²) in [5, 5.41) is 7.78. The maximum Gasteiger partial charge on any atom is 0.174 e. The number of rotatable bonds is 4. The summed E-state index contributed by atoms with van der Waals surface area (Å²) in [6, 6.07) is 1.87. The fraction of sp³-hybridized carbons (Fsp3) is 0.190. The van der Waals surface area contributed by atoms with Gasteiger partial charge in [0.25, 0.3) is 0 Å². The average molecular weight is 458 g/mol. The molecule has 6 N–H and O–H groups in total. The molecule has 13 heteroatoms. The largest absolute Gasteiger partial charge is 0.397 e. The molecule has 0 aliphatic rings. The van der Waals surface area contributed by atoms with Gasteiger partial charge in [-0.1, -0.05) is 0 Å². The third-order valence-corrected chi connectivity index (χ3v) is 5.91. The number of anilines is 2. The highest BCUT2D eigenvalue weighted by atomic mass is 15.2. The second kappa shape index (κ2) is 7.37. The summed E-state index contributed by atoms with van der Waals surface area (Å²) < 4.78 is 5.49. The number of aryl methyl sites for hydroxylation is 2. The predicted molar refractivity (Wildman–Crippen MR) is 132 cm³/mol. The van der Waals surface area contributed by atoms with Crippen LogP contribution in [0.1, 0.15) is 18.4 Å². The van der Waals surface area contributed by atoms with E-state index in [1.165, 1.54) is 0 Å². The molecule has 0 bridgehead atoms. The van der Waals surface area contributed by atoms with E-state index >= 15 is 0 Å². The quantitative estimate of drug-likeness (QED) is 0.336. The maximum atomic E-state index is 6.61. The van der Waals surface area contributed by atoms with Gasteiger partial charge in [-0.05, 0) is 19.7 Å². The van der Waals surface area contributed by atoms with Crippen LogP contribution in [0.2, 0.25) is 0 Å². The van der Waals surface area contributed by atoms with E-state index in [1.54, 1.807) is 17.1 Å². The van der Waals surface area contributed by atoms with Gasteiger partial charge in [0.15, 0.2) is 23.3 Å². The summed E-state index contributed by atoms with van der Waals surface area (Å²) in [5.74, 6) is 2.18. The third kappa shape index (κ3) is 2.90. The molecule has 5 heterocycles. The Morgan fingerprint density at radius 3 is 2.47 bits per heavy atom. The Kier molecular flexibility index (Phi) is 4.56. The Bertz CT molecular complexity index is 1650. The lowest BCUT2D eigenvalue weighted by molar-refractivity contribution is 0.913. The first-order valence-corrected chi connectivity index (χ1v) is 10.2. The van der Waals surface area contributed by atoms with Gasteiger partial charge in [-0.15, -0.1) is 5.10 Å². The van der Waals surface area contributed by atoms with Gasteiger partial charge in [0.2, 0.25) is 0 Å². The Labute approximate surface area is 193 Å². The number of imidazole rings is 3. The van der Waals surface area contributed by atoms with E-state index in [9.17, 15) is 0 Å². The average Bonchev–Trinajstić information content (AvgIpc) is 3.47. The first-order valence-electron chi connectivity index (χ1n) is 10.2. The number of hydrogen-bond donors (Lipinski definition) is 3. The van der Waals surface area contributed by atoms with Crippen molar-refractivity contribution in [3.63, 3.8) is 0 Å². The number of pyridine rings is 1. The first kappa shape index (κ1) is 21.1. The second-order valence-corrected chi connectivity index (χ2v) is 7.94. The standard InChI is InChI=1S/C21H23N13/c1-9(19-29-15-12(33(19)4)7-27-31-18(15)24)13(22)16-21(25-2)34(5)20(30-16)10-6-11-14(17(23)28-10)26-8-32(11)3/h6-8H,2,22H2,1,3-5H3,(H2,23,28)(H2,24,31)/b13-9-. The Morgan fingerprint density at radius 2 is 1.76 bits per heavy atom. The first-order chi connectivity index (χ1) is 16.2. The van der Waals surface area contributed by atoms with Gasteiger partial charge < -0.3 is 30.9 Å². The molecule has 0 aliphatic carbocycles. The fourth-order valence-electron chi connectivity index (χ4n) is 4.02. The summed E-state index contributed by atoms with van der Waals surface area (Å²) in [4.78, 5) is 22.4. The lowest BCUT2D eigenvalue weighted by Crippen LogP contribution is -2.05. The summed E-state index contributed by atoms with van der Waals surface area (Å²) >= 11 is 0. The zero-order valence-electron chi connectivity index (χ0n) is 19.1. The SMILES string of the molecule is C=Nc1c(/C(N)=C(\C)c2nc3c(N)nncc3n2C)nc(-c2cc3c(ncn3C)c(N)n2)n1C. The molecule has 0 atom stereocenters. The van der Waals surface area contributed by atoms with E-state index < -0.39 is 0 Å². The number of aromatic nitrogens is 9. The van der Waals surface area contributed by atoms with Crippen LogP contribution in [0.5, 0.6) is 0 Å². The number of nitrogens with two attached hydrogens (primary N) is 3. The zero-order valence-corrected chi connectivity index (χ0v) is 19.1. The monoisotopic (exact) mass is 457 g/mol. The highest BCUT2D eigenvalue weighted by molar-refractivity contribution is 5.93. The van der Waals surface area contributed by atoms with E-state index in [4.69, 9.17) is 22.2 Å². The molecule has 0 amide bonds. The lowest BCUT2D eigenvalue weighted by Gasteiger charge is -2.07. The second-order valence-electron chi connectivity index (χ2n) is 7.94. The van der Waals surface area contributed by atoms with Gasteiger partial charge in [-0.3, -0.25) is 0 Å². The van der Waals surface area contributed by atoms with Gasteiger partial charge in [0.05, 0.1) is 29.3 Å². The van der Waals surface area contributed by atoms with Crippen LogP contribution in [0.25, 0.3) is 44.9 Å². The molecule has 0 saturated heterocycles. The molecular weight excluding hydrogens is 434 g/mol. The molecule has 5 aromatic heterocycles. The van der Waals surface area contributed by atoms with Gasteiger partial charge in [-0.2, -0.15) is 5.10 Å². The maximum absolute atomic E-state index is 6.61. The van der Waals surface area contributed by atoms with Crippen molar-refractivity contribution in [3.05, 3.63) is 30.1 Å². The lowest BCUT2D eigenvalue weighted by atomic mass is 10.1. The molecule has 0 spiro atoms. The summed E-state index contributed by atoms with van der Waals surface area (Å²) in [5.41, 5.74) is 23.5. The Morgan fingerprint density at radius 1 is 1.00 bits per heavy atom. The molecule has 5 rings (SSSR count). The highest BCUT2D eigenvalue weighted by Gasteiger charge is 2.23. The number of aliphatic imine (C=N–C) groups is 1. The van der Waals surface area contributed by atoms with Gasteiger partial charge in [-0.25, -0.2) is 24.9 Å². The van der Waals surface area contributed by atoms with E-state index in [-0.39, 0.29) is 5.82 Å². The minimum Gasteiger partial charge on any atom is -0.397 e. The van der Waals surface area contributed by atoms with Crippen LogP contribution in [-0.2, 0) is 21.1 Å². The molecule has 0 radical (unpaired) electrons. The van der Waals surface area contributed by atoms with E-state index in [2.05, 4.69) is 36.9 Å². The molecule has 34 heavy (non-hydrogen) atoms. The van der Waals surface area contributed by atoms with Crippen molar-refractivity contribution < 1.29 is 0 Å². The highest BCUT2D eigenvalue weighted by Crippen LogP contribution is 2.34. The molecule has 0 saturated carbocycles. The minimum absolute atomic E-state index is 0.244. The van der Waals surface area contributed by atoms with Gasteiger partial charge >= 0.3 is 0 Å². The van der Waals surface area contributed by atoms with Crippen LogP contribution < -0.4 is 17.2 Å². The summed E-state index contributed by atoms with van der Waals surface area (Å²) in [6.07, 6.45) is 3.29. The minimum atomic E-state index is 0.244. The molecule has 5 aromatic rings. The van der Waals surface area contributed by atoms with E-state index in [1.807, 2.05) is 43.3 Å². The van der Waals surface area contributed by atoms with Crippen LogP contribution in [0.15, 0.2) is 23.6 Å². The zero-order chi connectivity index (χ0) is 24.3. The van der Waals surface area contributed by atoms with Crippen molar-refractivity contribution >= 4 is 57.5 Å². The number of fused-ring (bicyclic) bond motifs is 2. The van der Waals surface area contributed by atoms with Gasteiger partial charge in [0, 0.05) is 26.7 Å². The predicted octanol–water partition coefficient (Wildman–Crippen LogP) is 1.39. The molecule has 0 aromatic carbocycles. The number of allylic oxidation sites excluding steroid dienone is 1. The molecule has 172 valence electrons. The van der Waals surface area contributed by atoms with Crippen LogP contribution in [-0.4, -0.2) is 50.6 Å². The number of nitrogens with zero attached hydrogens (tertiary/aromatic N) is 10. The van der Waals surface area contributed by atoms with Crippen molar-refractivity contribution in [2.45, 2.75) is 6.92 Å². The summed E-state index contributed by atoms with van der Waals surface area (Å²) in [6.45, 7) is 5.56. The molecule has 13 nitrogen and oxygen atoms in total. The van der Waals surface area contributed by atoms with Crippen molar-refractivity contribution in [2.75, 3.05) is 11.5 Å². The van der Waals surface area contributed by atoms with Crippen LogP contribution in [0, 0.1) is 0 Å². The molecular formula is C21H23N13. The van der Waals surface area contributed by atoms with E-state index in [0.29, 0.717) is 57.0 Å².